The zero-order valence-electron chi connectivity index (χ0n) is 13.6. The smallest absolute Gasteiger partial charge is 0.130 e. The molecule has 0 saturated heterocycles. The molecular weight excluding hydrogens is 260 g/mol. The summed E-state index contributed by atoms with van der Waals surface area (Å²) in [5, 5.41) is 1.44. The first-order chi connectivity index (χ1) is 9.39. The summed E-state index contributed by atoms with van der Waals surface area (Å²) in [6.45, 7) is 10.9. The summed E-state index contributed by atoms with van der Waals surface area (Å²) in [4.78, 5) is 11.7. The first-order valence-electron chi connectivity index (χ1n) is 7.61. The van der Waals surface area contributed by atoms with Gasteiger partial charge in [-0.2, -0.15) is 0 Å². The number of Topliss-reactive ketones (excluding diaryl/α,β-unsaturated/α-hetero) is 1. The minimum atomic E-state index is -1.67. The summed E-state index contributed by atoms with van der Waals surface area (Å²) < 4.78 is 0. The van der Waals surface area contributed by atoms with Crippen LogP contribution in [0.4, 0.5) is 0 Å². The molecule has 1 atom stereocenters. The molecule has 0 radical (unpaired) electrons. The molecule has 0 saturated carbocycles. The van der Waals surface area contributed by atoms with Crippen LogP contribution < -0.4 is 5.19 Å². The van der Waals surface area contributed by atoms with Crippen molar-refractivity contribution in [3.05, 3.63) is 42.0 Å². The van der Waals surface area contributed by atoms with E-state index in [2.05, 4.69) is 63.3 Å². The van der Waals surface area contributed by atoms with Gasteiger partial charge in [-0.3, -0.25) is 0 Å². The van der Waals surface area contributed by atoms with Crippen LogP contribution in [0.15, 0.2) is 42.0 Å². The predicted molar refractivity (Wildman–Crippen MR) is 91.3 cm³/mol. The Morgan fingerprint density at radius 1 is 1.20 bits per heavy atom. The second-order valence-electron chi connectivity index (χ2n) is 6.28. The van der Waals surface area contributed by atoms with E-state index in [1.54, 1.807) is 6.92 Å². The van der Waals surface area contributed by atoms with Crippen molar-refractivity contribution in [3.63, 3.8) is 0 Å². The zero-order valence-corrected chi connectivity index (χ0v) is 14.6. The third-order valence-corrected chi connectivity index (χ3v) is 8.41. The third kappa shape index (κ3) is 4.45. The second kappa shape index (κ2) is 7.58. The Hall–Kier alpha value is -1.15. The lowest BCUT2D eigenvalue weighted by Gasteiger charge is -2.33. The van der Waals surface area contributed by atoms with E-state index in [9.17, 15) is 4.79 Å². The van der Waals surface area contributed by atoms with Gasteiger partial charge in [0.1, 0.15) is 5.78 Å². The molecule has 0 spiro atoms. The highest BCUT2D eigenvalue weighted by Crippen LogP contribution is 2.33. The molecule has 0 aromatic heterocycles. The van der Waals surface area contributed by atoms with Crippen LogP contribution in [0.3, 0.4) is 0 Å². The first-order valence-corrected chi connectivity index (χ1v) is 10.7. The Labute approximate surface area is 125 Å². The molecule has 0 bridgehead atoms. The summed E-state index contributed by atoms with van der Waals surface area (Å²) in [6.07, 6.45) is 5.29. The first kappa shape index (κ1) is 16.9. The quantitative estimate of drug-likeness (QED) is 0.525. The van der Waals surface area contributed by atoms with E-state index in [0.717, 1.165) is 12.8 Å². The van der Waals surface area contributed by atoms with Crippen molar-refractivity contribution in [3.8, 4) is 0 Å². The lowest BCUT2D eigenvalue weighted by molar-refractivity contribution is -0.116. The SMILES string of the molecule is CCC/C=C(\C)[C@@H](CC(C)=O)[Si](C)(C)c1ccccc1. The number of ketones is 1. The molecule has 20 heavy (non-hydrogen) atoms. The molecule has 1 aromatic carbocycles. The number of hydrogen-bond acceptors (Lipinski definition) is 1. The maximum Gasteiger partial charge on any atom is 0.130 e. The molecule has 0 amide bonds. The third-order valence-electron chi connectivity index (χ3n) is 4.19. The largest absolute Gasteiger partial charge is 0.300 e. The van der Waals surface area contributed by atoms with Gasteiger partial charge in [0, 0.05) is 6.42 Å². The van der Waals surface area contributed by atoms with Crippen LogP contribution in [0, 0.1) is 0 Å². The minimum Gasteiger partial charge on any atom is -0.300 e. The summed E-state index contributed by atoms with van der Waals surface area (Å²) in [5.41, 5.74) is 1.82. The van der Waals surface area contributed by atoms with Gasteiger partial charge >= 0.3 is 0 Å². The van der Waals surface area contributed by atoms with Gasteiger partial charge in [0.25, 0.3) is 0 Å². The van der Waals surface area contributed by atoms with Crippen molar-refractivity contribution in [2.75, 3.05) is 0 Å². The van der Waals surface area contributed by atoms with Crippen molar-refractivity contribution < 1.29 is 4.79 Å². The van der Waals surface area contributed by atoms with Crippen molar-refractivity contribution >= 4 is 19.0 Å². The van der Waals surface area contributed by atoms with E-state index in [1.165, 1.54) is 10.8 Å². The number of carbonyl (C=O) groups excluding carboxylic acids is 1. The Balaban J connectivity index is 3.12. The lowest BCUT2D eigenvalue weighted by atomic mass is 10.1. The molecule has 0 unspecified atom stereocenters. The predicted octanol–water partition coefficient (Wildman–Crippen LogP) is 4.70. The number of hydrogen-bond donors (Lipinski definition) is 0. The number of allylic oxidation sites excluding steroid dienone is 2. The molecule has 110 valence electrons. The number of rotatable bonds is 7. The highest BCUT2D eigenvalue weighted by molar-refractivity contribution is 6.91. The number of benzene rings is 1. The van der Waals surface area contributed by atoms with Crippen molar-refractivity contribution in [2.24, 2.45) is 0 Å². The fourth-order valence-corrected chi connectivity index (χ4v) is 6.36. The molecule has 2 heteroatoms. The minimum absolute atomic E-state index is 0.302. The van der Waals surface area contributed by atoms with Gasteiger partial charge in [0.2, 0.25) is 0 Å². The molecule has 1 aromatic rings. The summed E-state index contributed by atoms with van der Waals surface area (Å²) in [7, 11) is -1.67. The van der Waals surface area contributed by atoms with Crippen LogP contribution in [0.1, 0.15) is 40.0 Å². The van der Waals surface area contributed by atoms with Gasteiger partial charge in [-0.05, 0) is 25.8 Å². The van der Waals surface area contributed by atoms with Gasteiger partial charge in [-0.15, -0.1) is 0 Å². The topological polar surface area (TPSA) is 17.1 Å². The van der Waals surface area contributed by atoms with Gasteiger partial charge in [-0.25, -0.2) is 0 Å². The Kier molecular flexibility index (Phi) is 6.41. The van der Waals surface area contributed by atoms with E-state index in [4.69, 9.17) is 0 Å². The number of unbranched alkanes of at least 4 members (excludes halogenated alkanes) is 1. The Morgan fingerprint density at radius 3 is 2.30 bits per heavy atom. The standard InChI is InChI=1S/C18H28OSi/c1-6-7-11-15(2)18(14-16(3)19)20(4,5)17-12-9-8-10-13-17/h8-13,18H,6-7,14H2,1-5H3/b15-11+/t18-/m1/s1. The fourth-order valence-electron chi connectivity index (χ4n) is 2.86. The molecule has 1 nitrogen and oxygen atoms in total. The molecule has 0 aliphatic heterocycles. The van der Waals surface area contributed by atoms with Crippen LogP contribution in [-0.2, 0) is 4.79 Å². The second-order valence-corrected chi connectivity index (χ2v) is 11.0. The van der Waals surface area contributed by atoms with Gasteiger partial charge in [0.15, 0.2) is 0 Å². The average Bonchev–Trinajstić information content (AvgIpc) is 2.42. The molecule has 0 aliphatic rings. The molecule has 1 rings (SSSR count). The molecular formula is C18H28OSi. The highest BCUT2D eigenvalue weighted by atomic mass is 28.3. The molecule has 0 fully saturated rings. The van der Waals surface area contributed by atoms with Crippen LogP contribution >= 0.6 is 0 Å². The van der Waals surface area contributed by atoms with Crippen LogP contribution in [-0.4, -0.2) is 13.9 Å². The molecule has 0 heterocycles. The monoisotopic (exact) mass is 288 g/mol. The van der Waals surface area contributed by atoms with Gasteiger partial charge in [0.05, 0.1) is 8.07 Å². The average molecular weight is 289 g/mol. The Bertz CT molecular complexity index is 460. The van der Waals surface area contributed by atoms with Crippen LogP contribution in [0.25, 0.3) is 0 Å². The fraction of sp³-hybridized carbons (Fsp3) is 0.500. The van der Waals surface area contributed by atoms with Gasteiger partial charge in [-0.1, -0.05) is 73.6 Å². The summed E-state index contributed by atoms with van der Waals surface area (Å²) in [5.74, 6) is 0.302. The lowest BCUT2D eigenvalue weighted by Crippen LogP contribution is -2.46. The zero-order chi connectivity index (χ0) is 15.2. The van der Waals surface area contributed by atoms with Crippen molar-refractivity contribution in [1.82, 2.24) is 0 Å². The van der Waals surface area contributed by atoms with Crippen LogP contribution in [0.5, 0.6) is 0 Å². The van der Waals surface area contributed by atoms with Crippen molar-refractivity contribution in [1.29, 1.82) is 0 Å². The van der Waals surface area contributed by atoms with Crippen LogP contribution in [0.2, 0.25) is 18.6 Å². The normalized spacial score (nSPS) is 14.2. The van der Waals surface area contributed by atoms with E-state index < -0.39 is 8.07 Å². The highest BCUT2D eigenvalue weighted by Gasteiger charge is 2.35. The maximum absolute atomic E-state index is 11.7. The molecule has 0 aliphatic carbocycles. The summed E-state index contributed by atoms with van der Waals surface area (Å²) in [6, 6.07) is 10.7. The summed E-state index contributed by atoms with van der Waals surface area (Å²) >= 11 is 0. The van der Waals surface area contributed by atoms with Crippen molar-refractivity contribution in [2.45, 2.75) is 58.7 Å². The maximum atomic E-state index is 11.7. The number of carbonyl (C=O) groups is 1. The van der Waals surface area contributed by atoms with E-state index >= 15 is 0 Å². The molecule has 0 N–H and O–H groups in total. The Morgan fingerprint density at radius 2 is 1.80 bits per heavy atom. The van der Waals surface area contributed by atoms with E-state index in [0.29, 0.717) is 17.7 Å². The van der Waals surface area contributed by atoms with E-state index in [-0.39, 0.29) is 0 Å². The van der Waals surface area contributed by atoms with E-state index in [1.807, 2.05) is 0 Å². The van der Waals surface area contributed by atoms with Gasteiger partial charge < -0.3 is 4.79 Å².